The van der Waals surface area contributed by atoms with Gasteiger partial charge in [0, 0.05) is 43.5 Å². The molecule has 0 aliphatic carbocycles. The Labute approximate surface area is 537 Å². The molecule has 0 amide bonds. The van der Waals surface area contributed by atoms with Crippen molar-refractivity contribution < 1.29 is 62.6 Å². The highest BCUT2D eigenvalue weighted by atomic mass is 79.9. The van der Waals surface area contributed by atoms with Crippen LogP contribution in [0.3, 0.4) is 0 Å². The Kier molecular flexibility index (Phi) is 30.9. The van der Waals surface area contributed by atoms with E-state index in [4.69, 9.17) is 21.5 Å². The Morgan fingerprint density at radius 3 is 1.07 bits per heavy atom. The second kappa shape index (κ2) is 36.5. The molecule has 0 unspecified atom stereocenters. The van der Waals surface area contributed by atoms with Crippen molar-refractivity contribution in [3.8, 4) is 0 Å². The van der Waals surface area contributed by atoms with Crippen LogP contribution in [0.4, 0.5) is 5.69 Å². The van der Waals surface area contributed by atoms with Crippen LogP contribution in [0, 0.1) is 27.7 Å². The zero-order chi connectivity index (χ0) is 65.7. The minimum Gasteiger partial charge on any atom is -0.478 e. The van der Waals surface area contributed by atoms with Crippen molar-refractivity contribution in [3.63, 3.8) is 0 Å². The van der Waals surface area contributed by atoms with Gasteiger partial charge in [0.2, 0.25) is 0 Å². The number of benzene rings is 8. The van der Waals surface area contributed by atoms with Gasteiger partial charge in [-0.3, -0.25) is 0 Å². The van der Waals surface area contributed by atoms with Crippen molar-refractivity contribution in [2.45, 2.75) is 64.5 Å². The molecule has 15 nitrogen and oxygen atoms in total. The smallest absolute Gasteiger partial charge is 0.330 e. The number of aryl methyl sites for hydroxylation is 4. The van der Waals surface area contributed by atoms with Gasteiger partial charge in [0.15, 0.2) is 29.5 Å². The Balaban J connectivity index is 0.000000291. The van der Waals surface area contributed by atoms with Crippen molar-refractivity contribution in [1.82, 2.24) is 0 Å². The van der Waals surface area contributed by atoms with E-state index in [9.17, 15) is 48.1 Å². The summed E-state index contributed by atoms with van der Waals surface area (Å²) in [6.07, 6.45) is 6.46. The van der Waals surface area contributed by atoms with E-state index in [2.05, 4.69) is 47.9 Å². The molecule has 0 saturated carbocycles. The molecule has 0 aromatic heterocycles. The first-order chi connectivity index (χ1) is 41.3. The first-order valence-corrected chi connectivity index (χ1v) is 34.9. The number of aliphatic carboxylic acids is 1. The lowest BCUT2D eigenvalue weighted by atomic mass is 10.1. The number of carbonyl (C=O) groups is 3. The molecule has 0 saturated heterocycles. The summed E-state index contributed by atoms with van der Waals surface area (Å²) in [5, 5.41) is 8.62. The van der Waals surface area contributed by atoms with E-state index in [1.165, 1.54) is 38.5 Å². The van der Waals surface area contributed by atoms with Crippen molar-refractivity contribution in [1.29, 1.82) is 0 Å². The van der Waals surface area contributed by atoms with Crippen molar-refractivity contribution in [2.75, 3.05) is 20.0 Å². The highest BCUT2D eigenvalue weighted by Crippen LogP contribution is 2.23. The van der Waals surface area contributed by atoms with Gasteiger partial charge in [-0.2, -0.15) is 0 Å². The van der Waals surface area contributed by atoms with Crippen LogP contribution >= 0.6 is 42.5 Å². The fourth-order valence-electron chi connectivity index (χ4n) is 7.04. The van der Waals surface area contributed by atoms with Crippen molar-refractivity contribution in [3.05, 3.63) is 278 Å². The lowest BCUT2D eigenvalue weighted by Crippen LogP contribution is -2.05. The number of esters is 2. The normalized spacial score (nSPS) is 11.0. The number of hydrogen-bond donors (Lipinski definition) is 2. The summed E-state index contributed by atoms with van der Waals surface area (Å²) in [6, 6.07) is 55.6. The number of hydrogen-bond acceptors (Lipinski definition) is 14. The molecular weight excluding hydrogens is 1350 g/mol. The van der Waals surface area contributed by atoms with Gasteiger partial charge in [-0.05, 0) is 147 Å². The predicted octanol–water partition coefficient (Wildman–Crippen LogP) is 14.3. The molecule has 0 heterocycles. The van der Waals surface area contributed by atoms with Crippen LogP contribution < -0.4 is 5.73 Å². The number of sulfone groups is 3. The number of nitrogen functional groups attached to an aromatic ring is 1. The van der Waals surface area contributed by atoms with Gasteiger partial charge in [-0.1, -0.05) is 176 Å². The third-order valence-corrected chi connectivity index (χ3v) is 19.0. The van der Waals surface area contributed by atoms with Crippen molar-refractivity contribution in [2.24, 2.45) is 0 Å². The maximum Gasteiger partial charge on any atom is 0.330 e. The zero-order valence-corrected chi connectivity index (χ0v) is 56.0. The summed E-state index contributed by atoms with van der Waals surface area (Å²) in [6.45, 7) is 10.8. The van der Waals surface area contributed by atoms with E-state index in [0.29, 0.717) is 26.5 Å². The van der Waals surface area contributed by atoms with Crippen LogP contribution in [0.1, 0.15) is 50.1 Å². The SMILES string of the molecule is C=CC(=O)OC.COC(=O)/C=C/c1cccc(CS(=O)(=O)c2ccc(C)cc2)c1.Cc1ccc(S(=O)(=O)Cc2cccc(/C=C/C(=O)O)c2)cc1.Cc1ccc(S(=O)(=O)Cc2cccc(Br)c2)cc1.Cc1ccc(S(=O)(=O)Cl)cc1.Nc1cccc(Br)c1. The Bertz CT molecular complexity index is 4130. The minimum atomic E-state index is -3.55. The lowest BCUT2D eigenvalue weighted by molar-refractivity contribution is -0.135. The van der Waals surface area contributed by atoms with Gasteiger partial charge < -0.3 is 20.3 Å². The summed E-state index contributed by atoms with van der Waals surface area (Å²) < 4.78 is 106. The Morgan fingerprint density at radius 2 is 0.784 bits per heavy atom. The molecule has 8 rings (SSSR count). The quantitative estimate of drug-likeness (QED) is 0.0419. The lowest BCUT2D eigenvalue weighted by Gasteiger charge is -2.06. The molecule has 8 aromatic carbocycles. The summed E-state index contributed by atoms with van der Waals surface area (Å²) in [5.41, 5.74) is 13.8. The van der Waals surface area contributed by atoms with E-state index >= 15 is 0 Å². The molecule has 0 fully saturated rings. The molecule has 8 aromatic rings. The molecule has 0 aliphatic heterocycles. The van der Waals surface area contributed by atoms with Crippen LogP contribution in [0.5, 0.6) is 0 Å². The van der Waals surface area contributed by atoms with Crippen molar-refractivity contribution >= 4 is 117 Å². The number of carboxylic acids is 1. The van der Waals surface area contributed by atoms with E-state index in [1.807, 2.05) is 88.4 Å². The second-order valence-electron chi connectivity index (χ2n) is 18.9. The van der Waals surface area contributed by atoms with E-state index in [1.54, 1.807) is 127 Å². The molecular formula is C66H66Br2ClNO14S4. The number of carbonyl (C=O) groups excluding carboxylic acids is 2. The summed E-state index contributed by atoms with van der Waals surface area (Å²) >= 11 is 6.62. The van der Waals surface area contributed by atoms with Gasteiger partial charge in [0.25, 0.3) is 9.05 Å². The maximum absolute atomic E-state index is 12.4. The number of nitrogens with two attached hydrogens (primary N) is 1. The first-order valence-electron chi connectivity index (χ1n) is 26.0. The number of methoxy groups -OCH3 is 2. The highest BCUT2D eigenvalue weighted by Gasteiger charge is 2.18. The zero-order valence-electron chi connectivity index (χ0n) is 48.8. The molecule has 22 heteroatoms. The molecule has 0 aliphatic rings. The fraction of sp³-hybridized carbons (Fsp3) is 0.136. The molecule has 0 atom stereocenters. The molecule has 3 N–H and O–H groups in total. The molecule has 464 valence electrons. The summed E-state index contributed by atoms with van der Waals surface area (Å²) in [5.74, 6) is -2.08. The molecule has 88 heavy (non-hydrogen) atoms. The van der Waals surface area contributed by atoms with Crippen LogP contribution in [-0.2, 0) is 79.7 Å². The number of anilines is 1. The average Bonchev–Trinajstić information content (AvgIpc) is 3.68. The second-order valence-corrected chi connectivity index (χ2v) is 29.3. The third kappa shape index (κ3) is 28.8. The van der Waals surface area contributed by atoms with E-state index < -0.39 is 56.5 Å². The van der Waals surface area contributed by atoms with E-state index in [-0.39, 0.29) is 27.0 Å². The van der Waals surface area contributed by atoms with Gasteiger partial charge in [0.1, 0.15) is 0 Å². The molecule has 0 spiro atoms. The largest absolute Gasteiger partial charge is 0.478 e. The fourth-order valence-corrected chi connectivity index (χ4v) is 12.7. The minimum absolute atomic E-state index is 0.0233. The Hall–Kier alpha value is -7.76. The molecule has 0 bridgehead atoms. The standard InChI is InChI=1S/C18H18O4S.C17H16O4S.C14H13BrO2S.C7H7ClO2S.C6H6BrN.C4H6O2/c1-14-6-9-17(10-7-14)23(20,21)13-16-5-3-4-15(12-16)8-11-18(19)22-2;1-13-5-8-16(9-6-13)22(20,21)12-15-4-2-3-14(11-15)7-10-17(18)19;1-11-5-7-14(8-6-11)18(16,17)10-12-3-2-4-13(15)9-12;1-6-2-4-7(5-3-6)11(8,9)10;7-5-2-1-3-6(8)4-5;1-3-4(5)6-2/h3-12H,13H2,1-2H3;2-11H,12H2,1H3,(H,18,19);2-9H,10H2,1H3;2-5H,1H3;1-4H,8H2;3H,1H2,2H3/b11-8+;10-7+;;;;. The van der Waals surface area contributed by atoms with Gasteiger partial charge in [-0.15, -0.1) is 0 Å². The van der Waals surface area contributed by atoms with Crippen LogP contribution in [0.2, 0.25) is 0 Å². The highest BCUT2D eigenvalue weighted by molar-refractivity contribution is 9.10. The Morgan fingerprint density at radius 1 is 0.466 bits per heavy atom. The van der Waals surface area contributed by atoms with Gasteiger partial charge in [0.05, 0.1) is 51.1 Å². The van der Waals surface area contributed by atoms with Crippen LogP contribution in [0.15, 0.2) is 247 Å². The third-order valence-electron chi connectivity index (χ3n) is 11.6. The summed E-state index contributed by atoms with van der Waals surface area (Å²) in [4.78, 5) is 32.6. The monoisotopic (exact) mass is 1420 g/mol. The number of halogens is 3. The van der Waals surface area contributed by atoms with Crippen LogP contribution in [-0.4, -0.2) is 70.9 Å². The van der Waals surface area contributed by atoms with Gasteiger partial charge >= 0.3 is 17.9 Å². The predicted molar refractivity (Wildman–Crippen MR) is 356 cm³/mol. The number of carboxylic acid groups (broad SMARTS) is 1. The van der Waals surface area contributed by atoms with Crippen LogP contribution in [0.25, 0.3) is 12.2 Å². The number of rotatable bonds is 15. The summed E-state index contributed by atoms with van der Waals surface area (Å²) in [7, 11) is -5.94. The van der Waals surface area contributed by atoms with Gasteiger partial charge in [-0.25, -0.2) is 48.1 Å². The molecule has 0 radical (unpaired) electrons. The topological polar surface area (TPSA) is 252 Å². The van der Waals surface area contributed by atoms with E-state index in [0.717, 1.165) is 60.2 Å². The average molecular weight is 1420 g/mol. The number of ether oxygens (including phenoxy) is 2. The maximum atomic E-state index is 12.4. The first kappa shape index (κ1) is 74.5.